The average molecular weight is 268 g/mol. The summed E-state index contributed by atoms with van der Waals surface area (Å²) in [5.74, 6) is -0.715. The SMILES string of the molecule is COc1cc2ncn(-c3ccccc3)c2cc1C(=O)O. The molecule has 0 unspecified atom stereocenters. The maximum absolute atomic E-state index is 11.3. The number of imidazole rings is 1. The van der Waals surface area contributed by atoms with E-state index in [2.05, 4.69) is 4.98 Å². The molecular weight excluding hydrogens is 256 g/mol. The molecule has 0 aliphatic carbocycles. The van der Waals surface area contributed by atoms with Gasteiger partial charge in [-0.05, 0) is 18.2 Å². The summed E-state index contributed by atoms with van der Waals surface area (Å²) in [5.41, 5.74) is 2.47. The van der Waals surface area contributed by atoms with E-state index in [0.29, 0.717) is 11.3 Å². The van der Waals surface area contributed by atoms with Crippen molar-refractivity contribution >= 4 is 17.0 Å². The first-order valence-electron chi connectivity index (χ1n) is 6.04. The number of methoxy groups -OCH3 is 1. The molecule has 0 aliphatic heterocycles. The van der Waals surface area contributed by atoms with E-state index in [1.807, 2.05) is 34.9 Å². The first-order valence-corrected chi connectivity index (χ1v) is 6.04. The minimum Gasteiger partial charge on any atom is -0.496 e. The Morgan fingerprint density at radius 2 is 2.00 bits per heavy atom. The standard InChI is InChI=1S/C15H12N2O3/c1-20-14-8-12-13(7-11(14)15(18)19)17(9-16-12)10-5-3-2-4-6-10/h2-9H,1H3,(H,18,19). The number of benzene rings is 2. The molecule has 5 nitrogen and oxygen atoms in total. The first-order chi connectivity index (χ1) is 9.70. The zero-order chi connectivity index (χ0) is 14.1. The summed E-state index contributed by atoms with van der Waals surface area (Å²) in [6, 6.07) is 12.9. The molecule has 0 fully saturated rings. The van der Waals surface area contributed by atoms with Gasteiger partial charge in [0.05, 0.1) is 18.1 Å². The zero-order valence-corrected chi connectivity index (χ0v) is 10.8. The van der Waals surface area contributed by atoms with Gasteiger partial charge in [-0.25, -0.2) is 9.78 Å². The van der Waals surface area contributed by atoms with Crippen LogP contribution in [0.2, 0.25) is 0 Å². The number of carboxylic acid groups (broad SMARTS) is 1. The molecule has 3 aromatic rings. The highest BCUT2D eigenvalue weighted by molar-refractivity contribution is 5.96. The Balaban J connectivity index is 2.27. The second kappa shape index (κ2) is 4.70. The number of fused-ring (bicyclic) bond motifs is 1. The molecule has 0 atom stereocenters. The van der Waals surface area contributed by atoms with Gasteiger partial charge in [0.2, 0.25) is 0 Å². The smallest absolute Gasteiger partial charge is 0.339 e. The fourth-order valence-corrected chi connectivity index (χ4v) is 2.17. The number of aromatic carboxylic acids is 1. The summed E-state index contributed by atoms with van der Waals surface area (Å²) < 4.78 is 6.95. The third-order valence-electron chi connectivity index (χ3n) is 3.13. The fraction of sp³-hybridized carbons (Fsp3) is 0.0667. The lowest BCUT2D eigenvalue weighted by Gasteiger charge is -2.07. The van der Waals surface area contributed by atoms with E-state index < -0.39 is 5.97 Å². The van der Waals surface area contributed by atoms with Gasteiger partial charge in [0, 0.05) is 11.8 Å². The van der Waals surface area contributed by atoms with Crippen molar-refractivity contribution in [2.75, 3.05) is 7.11 Å². The van der Waals surface area contributed by atoms with Crippen LogP contribution in [0.25, 0.3) is 16.7 Å². The Morgan fingerprint density at radius 3 is 2.65 bits per heavy atom. The molecule has 0 saturated heterocycles. The van der Waals surface area contributed by atoms with Crippen LogP contribution < -0.4 is 4.74 Å². The average Bonchev–Trinajstić information content (AvgIpc) is 2.89. The predicted molar refractivity (Wildman–Crippen MR) is 74.6 cm³/mol. The van der Waals surface area contributed by atoms with Crippen LogP contribution >= 0.6 is 0 Å². The molecule has 0 saturated carbocycles. The van der Waals surface area contributed by atoms with Gasteiger partial charge in [0.1, 0.15) is 17.6 Å². The minimum atomic E-state index is -1.02. The normalized spacial score (nSPS) is 10.7. The van der Waals surface area contributed by atoms with Crippen LogP contribution in [0.4, 0.5) is 0 Å². The number of hydrogen-bond donors (Lipinski definition) is 1. The van der Waals surface area contributed by atoms with E-state index in [1.165, 1.54) is 7.11 Å². The quantitative estimate of drug-likeness (QED) is 0.793. The highest BCUT2D eigenvalue weighted by Gasteiger charge is 2.15. The highest BCUT2D eigenvalue weighted by atomic mass is 16.5. The third kappa shape index (κ3) is 1.89. The van der Waals surface area contributed by atoms with Crippen LogP contribution in [0.3, 0.4) is 0 Å². The molecule has 2 aromatic carbocycles. The largest absolute Gasteiger partial charge is 0.496 e. The number of ether oxygens (including phenoxy) is 1. The minimum absolute atomic E-state index is 0.123. The summed E-state index contributed by atoms with van der Waals surface area (Å²) in [6.45, 7) is 0. The molecule has 1 heterocycles. The fourth-order valence-electron chi connectivity index (χ4n) is 2.17. The Kier molecular flexibility index (Phi) is 2.87. The van der Waals surface area contributed by atoms with Crippen molar-refractivity contribution < 1.29 is 14.6 Å². The lowest BCUT2D eigenvalue weighted by atomic mass is 10.1. The maximum atomic E-state index is 11.3. The van der Waals surface area contributed by atoms with Gasteiger partial charge in [-0.2, -0.15) is 0 Å². The van der Waals surface area contributed by atoms with Gasteiger partial charge in [-0.15, -0.1) is 0 Å². The lowest BCUT2D eigenvalue weighted by Crippen LogP contribution is -2.01. The second-order valence-electron chi connectivity index (χ2n) is 4.30. The number of para-hydroxylation sites is 1. The Bertz CT molecular complexity index is 778. The van der Waals surface area contributed by atoms with Gasteiger partial charge >= 0.3 is 5.97 Å². The van der Waals surface area contributed by atoms with Gasteiger partial charge in [-0.1, -0.05) is 18.2 Å². The third-order valence-corrected chi connectivity index (χ3v) is 3.13. The van der Waals surface area contributed by atoms with E-state index in [0.717, 1.165) is 11.2 Å². The van der Waals surface area contributed by atoms with Crippen molar-refractivity contribution in [2.45, 2.75) is 0 Å². The summed E-state index contributed by atoms with van der Waals surface area (Å²) in [4.78, 5) is 15.6. The van der Waals surface area contributed by atoms with Crippen LogP contribution in [-0.4, -0.2) is 27.7 Å². The molecule has 0 aliphatic rings. The topological polar surface area (TPSA) is 64.4 Å². The molecule has 1 aromatic heterocycles. The second-order valence-corrected chi connectivity index (χ2v) is 4.30. The molecule has 3 rings (SSSR count). The number of rotatable bonds is 3. The van der Waals surface area contributed by atoms with Crippen molar-refractivity contribution in [3.05, 3.63) is 54.4 Å². The van der Waals surface area contributed by atoms with E-state index in [-0.39, 0.29) is 5.56 Å². The molecule has 0 radical (unpaired) electrons. The van der Waals surface area contributed by atoms with Crippen molar-refractivity contribution in [1.82, 2.24) is 9.55 Å². The maximum Gasteiger partial charge on any atom is 0.339 e. The number of carboxylic acids is 1. The zero-order valence-electron chi connectivity index (χ0n) is 10.8. The van der Waals surface area contributed by atoms with Gasteiger partial charge in [0.25, 0.3) is 0 Å². The van der Waals surface area contributed by atoms with Crippen LogP contribution in [0, 0.1) is 0 Å². The Hall–Kier alpha value is -2.82. The van der Waals surface area contributed by atoms with Crippen LogP contribution in [0.5, 0.6) is 5.75 Å². The Morgan fingerprint density at radius 1 is 1.25 bits per heavy atom. The van der Waals surface area contributed by atoms with E-state index in [4.69, 9.17) is 4.74 Å². The van der Waals surface area contributed by atoms with Gasteiger partial charge < -0.3 is 9.84 Å². The molecule has 1 N–H and O–H groups in total. The van der Waals surface area contributed by atoms with Crippen LogP contribution in [0.15, 0.2) is 48.8 Å². The number of carbonyl (C=O) groups is 1. The van der Waals surface area contributed by atoms with Crippen molar-refractivity contribution in [3.8, 4) is 11.4 Å². The van der Waals surface area contributed by atoms with E-state index >= 15 is 0 Å². The lowest BCUT2D eigenvalue weighted by molar-refractivity contribution is 0.0693. The van der Waals surface area contributed by atoms with Crippen molar-refractivity contribution in [1.29, 1.82) is 0 Å². The summed E-state index contributed by atoms with van der Waals surface area (Å²) in [7, 11) is 1.45. The molecular formula is C15H12N2O3. The summed E-state index contributed by atoms with van der Waals surface area (Å²) >= 11 is 0. The highest BCUT2D eigenvalue weighted by Crippen LogP contribution is 2.27. The predicted octanol–water partition coefficient (Wildman–Crippen LogP) is 2.73. The molecule has 0 spiro atoms. The first kappa shape index (κ1) is 12.2. The van der Waals surface area contributed by atoms with Crippen LogP contribution in [-0.2, 0) is 0 Å². The summed E-state index contributed by atoms with van der Waals surface area (Å²) in [6.07, 6.45) is 1.67. The molecule has 100 valence electrons. The van der Waals surface area contributed by atoms with Gasteiger partial charge in [0.15, 0.2) is 0 Å². The van der Waals surface area contributed by atoms with Gasteiger partial charge in [-0.3, -0.25) is 4.57 Å². The number of nitrogens with zero attached hydrogens (tertiary/aromatic N) is 2. The number of hydrogen-bond acceptors (Lipinski definition) is 3. The molecule has 5 heteroatoms. The van der Waals surface area contributed by atoms with E-state index in [9.17, 15) is 9.90 Å². The Labute approximate surface area is 115 Å². The van der Waals surface area contributed by atoms with Crippen LogP contribution in [0.1, 0.15) is 10.4 Å². The van der Waals surface area contributed by atoms with E-state index in [1.54, 1.807) is 18.5 Å². The molecule has 0 amide bonds. The monoisotopic (exact) mass is 268 g/mol. The van der Waals surface area contributed by atoms with Crippen molar-refractivity contribution in [2.24, 2.45) is 0 Å². The number of aromatic nitrogens is 2. The summed E-state index contributed by atoms with van der Waals surface area (Å²) in [5, 5.41) is 9.25. The molecule has 0 bridgehead atoms. The van der Waals surface area contributed by atoms with Crippen molar-refractivity contribution in [3.63, 3.8) is 0 Å². The molecule has 20 heavy (non-hydrogen) atoms.